The summed E-state index contributed by atoms with van der Waals surface area (Å²) in [6, 6.07) is 7.41. The lowest BCUT2D eigenvalue weighted by Gasteiger charge is -2.33. The van der Waals surface area contributed by atoms with E-state index < -0.39 is 0 Å². The summed E-state index contributed by atoms with van der Waals surface area (Å²) < 4.78 is 6.17. The summed E-state index contributed by atoms with van der Waals surface area (Å²) in [5, 5.41) is 3.20. The van der Waals surface area contributed by atoms with Gasteiger partial charge in [0, 0.05) is 36.3 Å². The second-order valence-corrected chi connectivity index (χ2v) is 13.0. The first-order chi connectivity index (χ1) is 17.5. The molecule has 0 radical (unpaired) electrons. The Bertz CT molecular complexity index is 988. The van der Waals surface area contributed by atoms with Gasteiger partial charge in [0.25, 0.3) is 11.8 Å². The monoisotopic (exact) mass is 527 g/mol. The van der Waals surface area contributed by atoms with Crippen molar-refractivity contribution in [3.8, 4) is 0 Å². The molecule has 1 atom stereocenters. The number of carbonyl (C=O) groups excluding carboxylic acids is 3. The highest BCUT2D eigenvalue weighted by Crippen LogP contribution is 2.31. The lowest BCUT2D eigenvalue weighted by molar-refractivity contribution is -0.123. The van der Waals surface area contributed by atoms with Gasteiger partial charge in [-0.3, -0.25) is 14.4 Å². The van der Waals surface area contributed by atoms with Crippen LogP contribution < -0.4 is 16.0 Å². The van der Waals surface area contributed by atoms with Crippen LogP contribution in [0.15, 0.2) is 36.4 Å². The standard InChI is InChI=1S/C31H49N3O4/c1-9-17-31(8,32)21-22-38-30(6,7)20-19-29(4,5)33-25(35)16-18-28(2,3)23-10-12-24(13-11-23)34-26(36)14-15-27(34)37/h10-15H,9,16-22,32H2,1-8H3,(H,33,35). The molecule has 0 bridgehead atoms. The average Bonchev–Trinajstić information content (AvgIpc) is 3.14. The van der Waals surface area contributed by atoms with Gasteiger partial charge >= 0.3 is 0 Å². The molecule has 0 spiro atoms. The van der Waals surface area contributed by atoms with Crippen LogP contribution in [0, 0.1) is 0 Å². The van der Waals surface area contributed by atoms with Crippen LogP contribution in [0.5, 0.6) is 0 Å². The summed E-state index contributed by atoms with van der Waals surface area (Å²) in [6.45, 7) is 17.4. The van der Waals surface area contributed by atoms with E-state index >= 15 is 0 Å². The molecule has 1 unspecified atom stereocenters. The predicted octanol–water partition coefficient (Wildman–Crippen LogP) is 5.55. The van der Waals surface area contributed by atoms with Crippen molar-refractivity contribution < 1.29 is 19.1 Å². The highest BCUT2D eigenvalue weighted by Gasteiger charge is 2.29. The zero-order chi connectivity index (χ0) is 28.8. The van der Waals surface area contributed by atoms with Crippen LogP contribution in [0.3, 0.4) is 0 Å². The van der Waals surface area contributed by atoms with Crippen LogP contribution in [-0.2, 0) is 24.5 Å². The van der Waals surface area contributed by atoms with Crippen LogP contribution in [-0.4, -0.2) is 41.0 Å². The zero-order valence-electron chi connectivity index (χ0n) is 24.8. The Morgan fingerprint density at radius 3 is 2.00 bits per heavy atom. The summed E-state index contributed by atoms with van der Waals surface area (Å²) in [4.78, 5) is 37.9. The third kappa shape index (κ3) is 9.66. The average molecular weight is 528 g/mol. The van der Waals surface area contributed by atoms with Crippen LogP contribution in [0.4, 0.5) is 5.69 Å². The van der Waals surface area contributed by atoms with Gasteiger partial charge in [-0.1, -0.05) is 39.3 Å². The number of nitrogens with one attached hydrogen (secondary N) is 1. The Morgan fingerprint density at radius 1 is 0.868 bits per heavy atom. The van der Waals surface area contributed by atoms with E-state index in [0.29, 0.717) is 25.1 Å². The minimum atomic E-state index is -0.350. The molecule has 7 nitrogen and oxygen atoms in total. The Kier molecular flexibility index (Phi) is 10.5. The van der Waals surface area contributed by atoms with Crippen molar-refractivity contribution in [3.63, 3.8) is 0 Å². The van der Waals surface area contributed by atoms with E-state index in [1.54, 1.807) is 12.1 Å². The molecule has 3 N–H and O–H groups in total. The molecular weight excluding hydrogens is 478 g/mol. The number of ether oxygens (including phenoxy) is 1. The van der Waals surface area contributed by atoms with E-state index in [2.05, 4.69) is 60.7 Å². The molecule has 0 saturated carbocycles. The van der Waals surface area contributed by atoms with Gasteiger partial charge in [-0.25, -0.2) is 4.90 Å². The molecule has 0 fully saturated rings. The summed E-state index contributed by atoms with van der Waals surface area (Å²) in [5.74, 6) is -0.639. The van der Waals surface area contributed by atoms with Gasteiger partial charge in [-0.2, -0.15) is 0 Å². The predicted molar refractivity (Wildman–Crippen MR) is 154 cm³/mol. The first-order valence-corrected chi connectivity index (χ1v) is 13.9. The minimum Gasteiger partial charge on any atom is -0.376 e. The maximum absolute atomic E-state index is 12.9. The van der Waals surface area contributed by atoms with E-state index in [1.807, 2.05) is 12.1 Å². The van der Waals surface area contributed by atoms with Crippen molar-refractivity contribution in [2.75, 3.05) is 11.5 Å². The first-order valence-electron chi connectivity index (χ1n) is 13.9. The second kappa shape index (κ2) is 12.6. The Balaban J connectivity index is 1.83. The minimum absolute atomic E-state index is 0.0243. The molecule has 1 aliphatic rings. The van der Waals surface area contributed by atoms with E-state index in [0.717, 1.165) is 42.6 Å². The first kappa shape index (κ1) is 31.7. The SMILES string of the molecule is CCCC(C)(N)CCOC(C)(C)CCC(C)(C)NC(=O)CCC(C)(C)c1ccc(N2C(=O)C=CC2=O)cc1. The fourth-order valence-electron chi connectivity index (χ4n) is 4.73. The Morgan fingerprint density at radius 2 is 1.45 bits per heavy atom. The molecule has 0 aliphatic carbocycles. The molecule has 1 aliphatic heterocycles. The van der Waals surface area contributed by atoms with Gasteiger partial charge in [0.2, 0.25) is 5.91 Å². The zero-order valence-corrected chi connectivity index (χ0v) is 24.8. The summed E-state index contributed by atoms with van der Waals surface area (Å²) >= 11 is 0. The molecule has 1 aromatic carbocycles. The quantitative estimate of drug-likeness (QED) is 0.291. The van der Waals surface area contributed by atoms with Crippen LogP contribution >= 0.6 is 0 Å². The third-order valence-corrected chi connectivity index (χ3v) is 7.51. The van der Waals surface area contributed by atoms with Crippen molar-refractivity contribution in [1.82, 2.24) is 5.32 Å². The van der Waals surface area contributed by atoms with Gasteiger partial charge < -0.3 is 15.8 Å². The van der Waals surface area contributed by atoms with Crippen LogP contribution in [0.2, 0.25) is 0 Å². The Hall–Kier alpha value is -2.51. The van der Waals surface area contributed by atoms with Gasteiger partial charge in [0.15, 0.2) is 0 Å². The number of benzene rings is 1. The number of nitrogens with two attached hydrogens (primary N) is 1. The number of hydrogen-bond acceptors (Lipinski definition) is 5. The molecule has 1 heterocycles. The molecule has 0 saturated heterocycles. The topological polar surface area (TPSA) is 102 Å². The van der Waals surface area contributed by atoms with Gasteiger partial charge in [0.1, 0.15) is 0 Å². The number of imide groups is 1. The maximum atomic E-state index is 12.9. The fraction of sp³-hybridized carbons (Fsp3) is 0.645. The van der Waals surface area contributed by atoms with E-state index in [1.165, 1.54) is 12.2 Å². The van der Waals surface area contributed by atoms with Crippen molar-refractivity contribution >= 4 is 23.4 Å². The summed E-state index contributed by atoms with van der Waals surface area (Å²) in [5.41, 5.74) is 6.85. The number of hydrogen-bond donors (Lipinski definition) is 2. The number of rotatable bonds is 15. The largest absolute Gasteiger partial charge is 0.376 e. The maximum Gasteiger partial charge on any atom is 0.258 e. The normalized spacial score (nSPS) is 16.2. The smallest absolute Gasteiger partial charge is 0.258 e. The highest BCUT2D eigenvalue weighted by atomic mass is 16.5. The van der Waals surface area contributed by atoms with Crippen molar-refractivity contribution in [1.29, 1.82) is 0 Å². The molecule has 2 rings (SSSR count). The third-order valence-electron chi connectivity index (χ3n) is 7.51. The van der Waals surface area contributed by atoms with Gasteiger partial charge in [-0.05, 0) is 89.8 Å². The molecule has 212 valence electrons. The van der Waals surface area contributed by atoms with Gasteiger partial charge in [-0.15, -0.1) is 0 Å². The summed E-state index contributed by atoms with van der Waals surface area (Å²) in [7, 11) is 0. The number of nitrogens with zero attached hydrogens (tertiary/aromatic N) is 1. The van der Waals surface area contributed by atoms with Crippen molar-refractivity contribution in [3.05, 3.63) is 42.0 Å². The molecule has 3 amide bonds. The lowest BCUT2D eigenvalue weighted by Crippen LogP contribution is -2.45. The summed E-state index contributed by atoms with van der Waals surface area (Å²) in [6.07, 6.45) is 8.12. The fourth-order valence-corrected chi connectivity index (χ4v) is 4.73. The van der Waals surface area contributed by atoms with Crippen molar-refractivity contribution in [2.45, 2.75) is 122 Å². The molecule has 0 aromatic heterocycles. The lowest BCUT2D eigenvalue weighted by atomic mass is 9.80. The van der Waals surface area contributed by atoms with Crippen LogP contribution in [0.25, 0.3) is 0 Å². The molecule has 1 aromatic rings. The Labute approximate surface area is 229 Å². The number of anilines is 1. The number of carbonyl (C=O) groups is 3. The van der Waals surface area contributed by atoms with E-state index in [-0.39, 0.29) is 39.8 Å². The molecular formula is C31H49N3O4. The second-order valence-electron chi connectivity index (χ2n) is 13.0. The van der Waals surface area contributed by atoms with E-state index in [4.69, 9.17) is 10.5 Å². The molecule has 7 heteroatoms. The number of amides is 3. The highest BCUT2D eigenvalue weighted by molar-refractivity contribution is 6.28. The van der Waals surface area contributed by atoms with Gasteiger partial charge in [0.05, 0.1) is 11.3 Å². The van der Waals surface area contributed by atoms with Crippen molar-refractivity contribution in [2.24, 2.45) is 5.73 Å². The molecule has 38 heavy (non-hydrogen) atoms. The van der Waals surface area contributed by atoms with Crippen LogP contribution in [0.1, 0.15) is 106 Å². The van der Waals surface area contributed by atoms with E-state index in [9.17, 15) is 14.4 Å².